The van der Waals surface area contributed by atoms with Gasteiger partial charge in [0.1, 0.15) is 0 Å². The zero-order valence-electron chi connectivity index (χ0n) is 12.6. The minimum atomic E-state index is -0.419. The van der Waals surface area contributed by atoms with Gasteiger partial charge in [-0.25, -0.2) is 0 Å². The second-order valence-corrected chi connectivity index (χ2v) is 5.89. The van der Waals surface area contributed by atoms with E-state index < -0.39 is 4.92 Å². The summed E-state index contributed by atoms with van der Waals surface area (Å²) in [5.74, 6) is -0.310. The molecular formula is C17H15N3O4. The van der Waals surface area contributed by atoms with Crippen LogP contribution in [0.2, 0.25) is 0 Å². The molecule has 0 bridgehead atoms. The molecule has 3 aromatic rings. The van der Waals surface area contributed by atoms with Crippen LogP contribution in [0.15, 0.2) is 36.4 Å². The highest BCUT2D eigenvalue weighted by atomic mass is 16.6. The Balaban J connectivity index is 1.82. The second-order valence-electron chi connectivity index (χ2n) is 5.89. The minimum absolute atomic E-state index is 0.0567. The molecule has 0 saturated heterocycles. The normalized spacial score (nSPS) is 16.9. The Kier molecular flexibility index (Phi) is 3.17. The fraction of sp³-hybridized carbons (Fsp3) is 0.176. The summed E-state index contributed by atoms with van der Waals surface area (Å²) in [6.45, 7) is 0.753. The number of benzene rings is 2. The van der Waals surface area contributed by atoms with Crippen LogP contribution in [0.1, 0.15) is 22.9 Å². The summed E-state index contributed by atoms with van der Waals surface area (Å²) >= 11 is 0. The predicted octanol–water partition coefficient (Wildman–Crippen LogP) is 2.72. The van der Waals surface area contributed by atoms with Crippen LogP contribution in [0.25, 0.3) is 10.9 Å². The van der Waals surface area contributed by atoms with Gasteiger partial charge in [-0.1, -0.05) is 12.1 Å². The number of non-ortho nitro benzene ring substituents is 1. The fourth-order valence-corrected chi connectivity index (χ4v) is 3.33. The first-order valence-electron chi connectivity index (χ1n) is 7.59. The molecule has 1 aromatic heterocycles. The number of nitro groups is 1. The zero-order chi connectivity index (χ0) is 16.8. The number of H-pyrrole nitrogens is 1. The van der Waals surface area contributed by atoms with E-state index in [9.17, 15) is 20.3 Å². The quantitative estimate of drug-likeness (QED) is 0.329. The molecule has 24 heavy (non-hydrogen) atoms. The first kappa shape index (κ1) is 14.5. The third-order valence-corrected chi connectivity index (χ3v) is 4.48. The van der Waals surface area contributed by atoms with E-state index in [0.29, 0.717) is 0 Å². The lowest BCUT2D eigenvalue weighted by Crippen LogP contribution is -2.30. The lowest BCUT2D eigenvalue weighted by atomic mass is 9.94. The number of phenolic OH excluding ortho intramolecular Hbond substituents is 2. The van der Waals surface area contributed by atoms with Crippen LogP contribution in [-0.2, 0) is 6.42 Å². The first-order valence-corrected chi connectivity index (χ1v) is 7.59. The molecule has 1 aliphatic heterocycles. The first-order chi connectivity index (χ1) is 11.5. The Bertz CT molecular complexity index is 947. The number of rotatable bonds is 2. The number of nitrogens with one attached hydrogen (secondary N) is 2. The molecule has 7 nitrogen and oxygen atoms in total. The van der Waals surface area contributed by atoms with Gasteiger partial charge >= 0.3 is 0 Å². The number of phenols is 2. The van der Waals surface area contributed by atoms with Crippen molar-refractivity contribution in [2.24, 2.45) is 0 Å². The minimum Gasteiger partial charge on any atom is -0.504 e. The monoisotopic (exact) mass is 325 g/mol. The van der Waals surface area contributed by atoms with Crippen molar-refractivity contribution in [3.63, 3.8) is 0 Å². The molecule has 1 unspecified atom stereocenters. The maximum atomic E-state index is 10.8. The van der Waals surface area contributed by atoms with Crippen molar-refractivity contribution in [3.8, 4) is 11.5 Å². The van der Waals surface area contributed by atoms with Gasteiger partial charge in [-0.3, -0.25) is 10.1 Å². The molecule has 0 fully saturated rings. The van der Waals surface area contributed by atoms with Crippen LogP contribution in [0.5, 0.6) is 11.5 Å². The Morgan fingerprint density at radius 2 is 1.83 bits per heavy atom. The van der Waals surface area contributed by atoms with Gasteiger partial charge in [0.05, 0.1) is 11.0 Å². The SMILES string of the molecule is O=[N+]([O-])c1ccc(C2NCCc3c2[nH]c2cc(O)c(O)cc32)cc1. The molecule has 4 rings (SSSR count). The van der Waals surface area contributed by atoms with Crippen molar-refractivity contribution in [2.45, 2.75) is 12.5 Å². The molecule has 1 atom stereocenters. The zero-order valence-corrected chi connectivity index (χ0v) is 12.6. The van der Waals surface area contributed by atoms with Crippen LogP contribution in [0, 0.1) is 10.1 Å². The number of aromatic hydroxyl groups is 2. The molecule has 0 radical (unpaired) electrons. The average molecular weight is 325 g/mol. The van der Waals surface area contributed by atoms with E-state index in [2.05, 4.69) is 10.3 Å². The van der Waals surface area contributed by atoms with Crippen LogP contribution in [0.4, 0.5) is 5.69 Å². The number of aromatic nitrogens is 1. The standard InChI is InChI=1S/C17H15N3O4/c21-14-7-12-11-5-6-18-16(17(11)19-13(12)8-15(14)22)9-1-3-10(4-2-9)20(23)24/h1-4,7-8,16,18-19,21-22H,5-6H2. The highest BCUT2D eigenvalue weighted by Crippen LogP contribution is 2.38. The van der Waals surface area contributed by atoms with Crippen LogP contribution in [-0.4, -0.2) is 26.7 Å². The van der Waals surface area contributed by atoms with Gasteiger partial charge in [0, 0.05) is 41.3 Å². The van der Waals surface area contributed by atoms with Crippen molar-refractivity contribution in [1.82, 2.24) is 10.3 Å². The van der Waals surface area contributed by atoms with E-state index in [1.807, 2.05) is 0 Å². The molecule has 0 aliphatic carbocycles. The van der Waals surface area contributed by atoms with Gasteiger partial charge in [-0.05, 0) is 23.6 Å². The summed E-state index contributed by atoms with van der Waals surface area (Å²) in [5.41, 5.74) is 3.77. The van der Waals surface area contributed by atoms with Crippen molar-refractivity contribution in [1.29, 1.82) is 0 Å². The Morgan fingerprint density at radius 1 is 1.12 bits per heavy atom. The molecule has 4 N–H and O–H groups in total. The smallest absolute Gasteiger partial charge is 0.269 e. The van der Waals surface area contributed by atoms with Crippen LogP contribution in [0.3, 0.4) is 0 Å². The van der Waals surface area contributed by atoms with Crippen LogP contribution < -0.4 is 5.32 Å². The Hall–Kier alpha value is -3.06. The highest BCUT2D eigenvalue weighted by Gasteiger charge is 2.26. The number of hydrogen-bond acceptors (Lipinski definition) is 5. The number of fused-ring (bicyclic) bond motifs is 3. The molecule has 0 amide bonds. The topological polar surface area (TPSA) is 111 Å². The molecule has 1 aliphatic rings. The van der Waals surface area contributed by atoms with Crippen molar-refractivity contribution in [3.05, 3.63) is 63.3 Å². The van der Waals surface area contributed by atoms with Gasteiger partial charge in [0.15, 0.2) is 11.5 Å². The van der Waals surface area contributed by atoms with E-state index in [4.69, 9.17) is 0 Å². The number of nitrogens with zero attached hydrogens (tertiary/aromatic N) is 1. The van der Waals surface area contributed by atoms with Gasteiger partial charge in [-0.15, -0.1) is 0 Å². The molecule has 7 heteroatoms. The fourth-order valence-electron chi connectivity index (χ4n) is 3.33. The van der Waals surface area contributed by atoms with Crippen LogP contribution >= 0.6 is 0 Å². The maximum Gasteiger partial charge on any atom is 0.269 e. The predicted molar refractivity (Wildman–Crippen MR) is 88.3 cm³/mol. The molecule has 0 spiro atoms. The summed E-state index contributed by atoms with van der Waals surface area (Å²) in [4.78, 5) is 13.7. The molecule has 0 saturated carbocycles. The van der Waals surface area contributed by atoms with Gasteiger partial charge in [0.25, 0.3) is 5.69 Å². The molecular weight excluding hydrogens is 310 g/mol. The van der Waals surface area contributed by atoms with Crippen molar-refractivity contribution >= 4 is 16.6 Å². The van der Waals surface area contributed by atoms with Gasteiger partial charge in [-0.2, -0.15) is 0 Å². The third-order valence-electron chi connectivity index (χ3n) is 4.48. The lowest BCUT2D eigenvalue weighted by Gasteiger charge is -2.24. The largest absolute Gasteiger partial charge is 0.504 e. The summed E-state index contributed by atoms with van der Waals surface area (Å²) in [7, 11) is 0. The molecule has 122 valence electrons. The summed E-state index contributed by atoms with van der Waals surface area (Å²) in [5, 5.41) is 34.5. The summed E-state index contributed by atoms with van der Waals surface area (Å²) < 4.78 is 0. The van der Waals surface area contributed by atoms with E-state index in [1.165, 1.54) is 18.2 Å². The third kappa shape index (κ3) is 2.17. The summed E-state index contributed by atoms with van der Waals surface area (Å²) in [6.07, 6.45) is 0.795. The number of nitro benzene ring substituents is 1. The summed E-state index contributed by atoms with van der Waals surface area (Å²) in [6, 6.07) is 9.42. The maximum absolute atomic E-state index is 10.8. The number of aromatic amines is 1. The van der Waals surface area contributed by atoms with Gasteiger partial charge < -0.3 is 20.5 Å². The lowest BCUT2D eigenvalue weighted by molar-refractivity contribution is -0.384. The Morgan fingerprint density at radius 3 is 2.54 bits per heavy atom. The molecule has 2 heterocycles. The van der Waals surface area contributed by atoms with Crippen molar-refractivity contribution < 1.29 is 15.1 Å². The van der Waals surface area contributed by atoms with E-state index in [-0.39, 0.29) is 23.2 Å². The number of hydrogen-bond donors (Lipinski definition) is 4. The van der Waals surface area contributed by atoms with E-state index >= 15 is 0 Å². The van der Waals surface area contributed by atoms with E-state index in [1.54, 1.807) is 18.2 Å². The average Bonchev–Trinajstić information content (AvgIpc) is 2.93. The Labute approximate surface area is 136 Å². The van der Waals surface area contributed by atoms with Crippen molar-refractivity contribution in [2.75, 3.05) is 6.54 Å². The molecule has 2 aromatic carbocycles. The van der Waals surface area contributed by atoms with E-state index in [0.717, 1.165) is 40.7 Å². The second kappa shape index (κ2) is 5.24. The highest BCUT2D eigenvalue weighted by molar-refractivity contribution is 5.88. The van der Waals surface area contributed by atoms with Gasteiger partial charge in [0.2, 0.25) is 0 Å².